The number of hydrogen-bond donors (Lipinski definition) is 2. The van der Waals surface area contributed by atoms with Crippen LogP contribution < -0.4 is 5.32 Å². The second-order valence-corrected chi connectivity index (χ2v) is 7.62. The fraction of sp³-hybridized carbons (Fsp3) is 0.625. The first-order valence-corrected chi connectivity index (χ1v) is 7.20. The van der Waals surface area contributed by atoms with Crippen LogP contribution in [-0.4, -0.2) is 22.4 Å². The third-order valence-corrected chi connectivity index (χ3v) is 3.61. The van der Waals surface area contributed by atoms with E-state index in [0.29, 0.717) is 17.9 Å². The molecule has 1 aliphatic carbocycles. The number of amides is 1. The Morgan fingerprint density at radius 1 is 1.33 bits per heavy atom. The van der Waals surface area contributed by atoms with Crippen molar-refractivity contribution in [1.82, 2.24) is 5.32 Å². The first-order chi connectivity index (χ1) is 9.54. The predicted molar refractivity (Wildman–Crippen MR) is 81.1 cm³/mol. The molecule has 0 unspecified atom stereocenters. The molecule has 2 N–H and O–H groups in total. The second-order valence-electron chi connectivity index (χ2n) is 7.62. The van der Waals surface area contributed by atoms with Crippen molar-refractivity contribution >= 4 is 11.6 Å². The van der Waals surface area contributed by atoms with Crippen LogP contribution in [0.2, 0.25) is 0 Å². The van der Waals surface area contributed by atoms with Crippen molar-refractivity contribution in [3.63, 3.8) is 0 Å². The van der Waals surface area contributed by atoms with Crippen LogP contribution >= 0.6 is 0 Å². The Morgan fingerprint density at radius 3 is 2.48 bits per heavy atom. The number of nitrogens with zero attached hydrogens (tertiary/aromatic N) is 1. The summed E-state index contributed by atoms with van der Waals surface area (Å²) in [5, 5.41) is 15.6. The van der Waals surface area contributed by atoms with E-state index in [-0.39, 0.29) is 16.9 Å². The molecule has 5 heteroatoms. The minimum absolute atomic E-state index is 0.0450. The average molecular weight is 292 g/mol. The van der Waals surface area contributed by atoms with Gasteiger partial charge in [0.05, 0.1) is 5.71 Å². The van der Waals surface area contributed by atoms with Gasteiger partial charge in [0.2, 0.25) is 0 Å². The van der Waals surface area contributed by atoms with Crippen molar-refractivity contribution in [2.45, 2.75) is 59.9 Å². The van der Waals surface area contributed by atoms with E-state index in [1.54, 1.807) is 0 Å². The average Bonchev–Trinajstić information content (AvgIpc) is 2.62. The lowest BCUT2D eigenvalue weighted by Gasteiger charge is -2.28. The smallest absolute Gasteiger partial charge is 0.287 e. The molecule has 0 fully saturated rings. The SMILES string of the molecule is Cc1c(C(=O)NC(C)(C)C)oc2c1/C(=N\O)CC(C)(C)C2. The maximum atomic E-state index is 12.3. The van der Waals surface area contributed by atoms with Crippen LogP contribution in [0.25, 0.3) is 0 Å². The molecular weight excluding hydrogens is 268 g/mol. The molecule has 1 aromatic rings. The summed E-state index contributed by atoms with van der Waals surface area (Å²) < 4.78 is 5.81. The maximum Gasteiger partial charge on any atom is 0.287 e. The van der Waals surface area contributed by atoms with Gasteiger partial charge < -0.3 is 14.9 Å². The van der Waals surface area contributed by atoms with Crippen molar-refractivity contribution in [2.75, 3.05) is 0 Å². The second kappa shape index (κ2) is 4.90. The van der Waals surface area contributed by atoms with Crippen molar-refractivity contribution in [3.05, 3.63) is 22.6 Å². The van der Waals surface area contributed by atoms with E-state index in [1.807, 2.05) is 27.7 Å². The monoisotopic (exact) mass is 292 g/mol. The van der Waals surface area contributed by atoms with Gasteiger partial charge in [0.25, 0.3) is 5.91 Å². The number of furan rings is 1. The van der Waals surface area contributed by atoms with Gasteiger partial charge in [0, 0.05) is 23.1 Å². The Hall–Kier alpha value is -1.78. The van der Waals surface area contributed by atoms with Crippen molar-refractivity contribution in [2.24, 2.45) is 10.6 Å². The quantitative estimate of drug-likeness (QED) is 0.616. The Kier molecular flexibility index (Phi) is 3.64. The normalized spacial score (nSPS) is 19.4. The number of oxime groups is 1. The van der Waals surface area contributed by atoms with Gasteiger partial charge in [-0.2, -0.15) is 0 Å². The topological polar surface area (TPSA) is 74.8 Å². The van der Waals surface area contributed by atoms with Gasteiger partial charge in [0.1, 0.15) is 5.76 Å². The van der Waals surface area contributed by atoms with E-state index in [4.69, 9.17) is 4.42 Å². The van der Waals surface area contributed by atoms with Gasteiger partial charge in [-0.05, 0) is 39.5 Å². The molecule has 0 radical (unpaired) electrons. The van der Waals surface area contributed by atoms with E-state index in [0.717, 1.165) is 23.3 Å². The molecule has 0 saturated carbocycles. The molecule has 0 bridgehead atoms. The van der Waals surface area contributed by atoms with Crippen LogP contribution in [0.1, 0.15) is 68.5 Å². The van der Waals surface area contributed by atoms with E-state index in [1.165, 1.54) is 0 Å². The number of fused-ring (bicyclic) bond motifs is 1. The van der Waals surface area contributed by atoms with Gasteiger partial charge in [0.15, 0.2) is 5.76 Å². The van der Waals surface area contributed by atoms with Crippen LogP contribution in [0.15, 0.2) is 9.57 Å². The van der Waals surface area contributed by atoms with Gasteiger partial charge >= 0.3 is 0 Å². The summed E-state index contributed by atoms with van der Waals surface area (Å²) in [7, 11) is 0. The van der Waals surface area contributed by atoms with Crippen LogP contribution in [0.5, 0.6) is 0 Å². The van der Waals surface area contributed by atoms with Gasteiger partial charge in [-0.25, -0.2) is 0 Å². The molecule has 116 valence electrons. The number of rotatable bonds is 1. The fourth-order valence-corrected chi connectivity index (χ4v) is 2.81. The number of hydrogen-bond acceptors (Lipinski definition) is 4. The number of nitrogens with one attached hydrogen (secondary N) is 1. The molecule has 0 saturated heterocycles. The Labute approximate surface area is 125 Å². The predicted octanol–water partition coefficient (Wildman–Crippen LogP) is 3.27. The zero-order valence-electron chi connectivity index (χ0n) is 13.6. The summed E-state index contributed by atoms with van der Waals surface area (Å²) in [4.78, 5) is 12.3. The summed E-state index contributed by atoms with van der Waals surface area (Å²) in [5.74, 6) is 0.814. The van der Waals surface area contributed by atoms with Crippen LogP contribution in [0, 0.1) is 12.3 Å². The maximum absolute atomic E-state index is 12.3. The van der Waals surface area contributed by atoms with Gasteiger partial charge in [-0.15, -0.1) is 0 Å². The van der Waals surface area contributed by atoms with Crippen LogP contribution in [0.4, 0.5) is 0 Å². The fourth-order valence-electron chi connectivity index (χ4n) is 2.81. The van der Waals surface area contributed by atoms with E-state index < -0.39 is 0 Å². The van der Waals surface area contributed by atoms with E-state index in [2.05, 4.69) is 24.3 Å². The summed E-state index contributed by atoms with van der Waals surface area (Å²) in [6, 6.07) is 0. The highest BCUT2D eigenvalue weighted by Crippen LogP contribution is 2.38. The van der Waals surface area contributed by atoms with E-state index >= 15 is 0 Å². The number of carbonyl (C=O) groups excluding carboxylic acids is 1. The zero-order valence-corrected chi connectivity index (χ0v) is 13.6. The summed E-state index contributed by atoms with van der Waals surface area (Å²) >= 11 is 0. The molecule has 21 heavy (non-hydrogen) atoms. The molecule has 1 heterocycles. The molecule has 0 spiro atoms. The summed E-state index contributed by atoms with van der Waals surface area (Å²) in [6.45, 7) is 11.8. The Balaban J connectivity index is 2.46. The standard InChI is InChI=1S/C16H24N2O3/c1-9-12-10(18-20)7-16(5,6)8-11(12)21-13(9)14(19)17-15(2,3)4/h20H,7-8H2,1-6H3,(H,17,19)/b18-10-. The minimum Gasteiger partial charge on any atom is -0.455 e. The van der Waals surface area contributed by atoms with Crippen molar-refractivity contribution < 1.29 is 14.4 Å². The van der Waals surface area contributed by atoms with E-state index in [9.17, 15) is 10.0 Å². The minimum atomic E-state index is -0.329. The number of carbonyl (C=O) groups is 1. The molecule has 2 rings (SSSR count). The first-order valence-electron chi connectivity index (χ1n) is 7.20. The van der Waals surface area contributed by atoms with Crippen molar-refractivity contribution in [3.8, 4) is 0 Å². The highest BCUT2D eigenvalue weighted by Gasteiger charge is 2.36. The first kappa shape index (κ1) is 15.6. The third-order valence-electron chi connectivity index (χ3n) is 3.61. The largest absolute Gasteiger partial charge is 0.455 e. The summed E-state index contributed by atoms with van der Waals surface area (Å²) in [5.41, 5.74) is 1.75. The molecule has 1 aliphatic rings. The van der Waals surface area contributed by atoms with Gasteiger partial charge in [-0.1, -0.05) is 19.0 Å². The highest BCUT2D eigenvalue weighted by atomic mass is 16.4. The lowest BCUT2D eigenvalue weighted by Crippen LogP contribution is -2.40. The molecular formula is C16H24N2O3. The molecule has 0 atom stereocenters. The van der Waals surface area contributed by atoms with Crippen molar-refractivity contribution in [1.29, 1.82) is 0 Å². The molecule has 1 amide bonds. The van der Waals surface area contributed by atoms with Crippen LogP contribution in [0.3, 0.4) is 0 Å². The molecule has 0 aromatic carbocycles. The zero-order chi connectivity index (χ0) is 16.0. The lowest BCUT2D eigenvalue weighted by molar-refractivity contribution is 0.0887. The third kappa shape index (κ3) is 3.12. The summed E-state index contributed by atoms with van der Waals surface area (Å²) in [6.07, 6.45) is 1.39. The Bertz CT molecular complexity index is 604. The molecule has 0 aliphatic heterocycles. The Morgan fingerprint density at radius 2 is 1.95 bits per heavy atom. The van der Waals surface area contributed by atoms with Crippen LogP contribution in [-0.2, 0) is 6.42 Å². The lowest BCUT2D eigenvalue weighted by atomic mass is 9.75. The molecule has 1 aromatic heterocycles. The van der Waals surface area contributed by atoms with Gasteiger partial charge in [-0.3, -0.25) is 4.79 Å². The highest BCUT2D eigenvalue weighted by molar-refractivity contribution is 6.06. The molecule has 5 nitrogen and oxygen atoms in total.